The molecule has 0 amide bonds. The van der Waals surface area contributed by atoms with E-state index in [1.807, 2.05) is 42.1 Å². The van der Waals surface area contributed by atoms with Gasteiger partial charge in [-0.1, -0.05) is 29.3 Å². The van der Waals surface area contributed by atoms with Crippen LogP contribution in [-0.2, 0) is 6.54 Å². The summed E-state index contributed by atoms with van der Waals surface area (Å²) in [5.74, 6) is 1.05. The van der Waals surface area contributed by atoms with Crippen LogP contribution in [0.2, 0.25) is 10.0 Å². The van der Waals surface area contributed by atoms with Crippen LogP contribution in [0.4, 0.5) is 11.4 Å². The molecule has 0 spiro atoms. The first-order valence-corrected chi connectivity index (χ1v) is 8.09. The van der Waals surface area contributed by atoms with E-state index in [1.165, 1.54) is 4.90 Å². The van der Waals surface area contributed by atoms with Gasteiger partial charge >= 0.3 is 0 Å². The molecule has 5 heteroatoms. The van der Waals surface area contributed by atoms with Gasteiger partial charge in [0.15, 0.2) is 0 Å². The van der Waals surface area contributed by atoms with Crippen molar-refractivity contribution >= 4 is 46.3 Å². The molecule has 0 radical (unpaired) electrons. The molecular weight excluding hydrogens is 311 g/mol. The van der Waals surface area contributed by atoms with Gasteiger partial charge in [-0.25, -0.2) is 0 Å². The Morgan fingerprint density at radius 2 is 1.90 bits per heavy atom. The second-order valence-electron chi connectivity index (χ2n) is 4.70. The largest absolute Gasteiger partial charge is 0.399 e. The van der Waals surface area contributed by atoms with Crippen molar-refractivity contribution in [3.63, 3.8) is 0 Å². The fourth-order valence-corrected chi connectivity index (χ4v) is 3.88. The lowest BCUT2D eigenvalue weighted by molar-refractivity contribution is 0.818. The normalized spacial score (nSPS) is 14.2. The van der Waals surface area contributed by atoms with E-state index in [4.69, 9.17) is 28.9 Å². The molecule has 3 rings (SSSR count). The average molecular weight is 325 g/mol. The minimum absolute atomic E-state index is 0.704. The predicted molar refractivity (Wildman–Crippen MR) is 89.1 cm³/mol. The van der Waals surface area contributed by atoms with Gasteiger partial charge in [-0.3, -0.25) is 0 Å². The second kappa shape index (κ2) is 5.76. The summed E-state index contributed by atoms with van der Waals surface area (Å²) in [5.41, 5.74) is 8.82. The number of fused-ring (bicyclic) bond motifs is 1. The highest BCUT2D eigenvalue weighted by molar-refractivity contribution is 7.99. The highest BCUT2D eigenvalue weighted by Gasteiger charge is 2.19. The van der Waals surface area contributed by atoms with Crippen molar-refractivity contribution in [2.75, 3.05) is 22.9 Å². The van der Waals surface area contributed by atoms with Gasteiger partial charge in [0, 0.05) is 45.0 Å². The summed E-state index contributed by atoms with van der Waals surface area (Å²) in [6.45, 7) is 1.66. The van der Waals surface area contributed by atoms with Gasteiger partial charge in [-0.15, -0.1) is 11.8 Å². The lowest BCUT2D eigenvalue weighted by Crippen LogP contribution is -2.28. The molecule has 1 aliphatic heterocycles. The molecule has 2 N–H and O–H groups in total. The standard InChI is InChI=1S/C15H14Cl2N2S/c16-12-2-1-3-13(17)11(12)9-19-6-7-20-15-5-4-10(18)8-14(15)19/h1-5,8H,6-7,9,18H2. The van der Waals surface area contributed by atoms with Crippen LogP contribution in [0.1, 0.15) is 5.56 Å². The van der Waals surface area contributed by atoms with Gasteiger partial charge < -0.3 is 10.6 Å². The zero-order chi connectivity index (χ0) is 14.1. The molecule has 1 aliphatic rings. The van der Waals surface area contributed by atoms with Crippen LogP contribution < -0.4 is 10.6 Å². The Bertz CT molecular complexity index is 626. The molecule has 20 heavy (non-hydrogen) atoms. The van der Waals surface area contributed by atoms with Gasteiger partial charge in [0.25, 0.3) is 0 Å². The Labute approximate surface area is 132 Å². The Kier molecular flexibility index (Phi) is 4.01. The van der Waals surface area contributed by atoms with Crippen molar-refractivity contribution in [2.24, 2.45) is 0 Å². The molecule has 0 bridgehead atoms. The van der Waals surface area contributed by atoms with Gasteiger partial charge in [-0.05, 0) is 30.3 Å². The van der Waals surface area contributed by atoms with E-state index in [-0.39, 0.29) is 0 Å². The van der Waals surface area contributed by atoms with Crippen molar-refractivity contribution in [3.05, 3.63) is 52.0 Å². The Hall–Kier alpha value is -1.03. The number of halogens is 2. The summed E-state index contributed by atoms with van der Waals surface area (Å²) in [6.07, 6.45) is 0. The average Bonchev–Trinajstić information content (AvgIpc) is 2.43. The minimum Gasteiger partial charge on any atom is -0.399 e. The minimum atomic E-state index is 0.704. The first kappa shape index (κ1) is 13.9. The summed E-state index contributed by atoms with van der Waals surface area (Å²) in [6, 6.07) is 11.7. The number of anilines is 2. The van der Waals surface area contributed by atoms with Gasteiger partial charge in [0.1, 0.15) is 0 Å². The smallest absolute Gasteiger partial charge is 0.0528 e. The van der Waals surface area contributed by atoms with Crippen molar-refractivity contribution in [1.29, 1.82) is 0 Å². The maximum atomic E-state index is 6.27. The maximum Gasteiger partial charge on any atom is 0.0528 e. The molecule has 1 heterocycles. The molecule has 0 aliphatic carbocycles. The lowest BCUT2D eigenvalue weighted by atomic mass is 10.2. The first-order chi connectivity index (χ1) is 9.65. The van der Waals surface area contributed by atoms with Crippen LogP contribution >= 0.6 is 35.0 Å². The SMILES string of the molecule is Nc1ccc2c(c1)N(Cc1c(Cl)cccc1Cl)CCS2. The highest BCUT2D eigenvalue weighted by Crippen LogP contribution is 2.38. The van der Waals surface area contributed by atoms with Crippen molar-refractivity contribution in [1.82, 2.24) is 0 Å². The first-order valence-electron chi connectivity index (χ1n) is 6.35. The van der Waals surface area contributed by atoms with Crippen LogP contribution in [0.3, 0.4) is 0 Å². The number of nitrogens with zero attached hydrogens (tertiary/aromatic N) is 1. The van der Waals surface area contributed by atoms with E-state index in [0.29, 0.717) is 16.6 Å². The van der Waals surface area contributed by atoms with E-state index in [2.05, 4.69) is 11.0 Å². The number of thioether (sulfide) groups is 1. The van der Waals surface area contributed by atoms with E-state index in [1.54, 1.807) is 0 Å². The van der Waals surface area contributed by atoms with Crippen LogP contribution in [0, 0.1) is 0 Å². The Morgan fingerprint density at radius 1 is 1.15 bits per heavy atom. The topological polar surface area (TPSA) is 29.3 Å². The zero-order valence-electron chi connectivity index (χ0n) is 10.8. The molecule has 0 unspecified atom stereocenters. The number of rotatable bonds is 2. The number of hydrogen-bond donors (Lipinski definition) is 1. The molecular formula is C15H14Cl2N2S. The summed E-state index contributed by atoms with van der Waals surface area (Å²) in [5, 5.41) is 1.42. The van der Waals surface area contributed by atoms with Gasteiger partial charge in [0.05, 0.1) is 5.69 Å². The number of hydrogen-bond acceptors (Lipinski definition) is 3. The van der Waals surface area contributed by atoms with E-state index >= 15 is 0 Å². The van der Waals surface area contributed by atoms with Crippen LogP contribution in [0.15, 0.2) is 41.3 Å². The van der Waals surface area contributed by atoms with E-state index < -0.39 is 0 Å². The van der Waals surface area contributed by atoms with E-state index in [9.17, 15) is 0 Å². The van der Waals surface area contributed by atoms with E-state index in [0.717, 1.165) is 29.2 Å². The Morgan fingerprint density at radius 3 is 2.65 bits per heavy atom. The predicted octanol–water partition coefficient (Wildman–Crippen LogP) is 4.69. The second-order valence-corrected chi connectivity index (χ2v) is 6.65. The molecule has 0 atom stereocenters. The number of benzene rings is 2. The molecule has 2 nitrogen and oxygen atoms in total. The molecule has 104 valence electrons. The molecule has 2 aromatic carbocycles. The van der Waals surface area contributed by atoms with Crippen molar-refractivity contribution in [3.8, 4) is 0 Å². The summed E-state index contributed by atoms with van der Waals surface area (Å²) in [4.78, 5) is 3.54. The fourth-order valence-electron chi connectivity index (χ4n) is 2.33. The van der Waals surface area contributed by atoms with Gasteiger partial charge in [0.2, 0.25) is 0 Å². The number of nitrogens with two attached hydrogens (primary N) is 1. The summed E-state index contributed by atoms with van der Waals surface area (Å²) < 4.78 is 0. The van der Waals surface area contributed by atoms with Crippen molar-refractivity contribution < 1.29 is 0 Å². The molecule has 0 saturated carbocycles. The molecule has 0 saturated heterocycles. The summed E-state index contributed by atoms with van der Waals surface area (Å²) in [7, 11) is 0. The van der Waals surface area contributed by atoms with Crippen LogP contribution in [0.25, 0.3) is 0 Å². The monoisotopic (exact) mass is 324 g/mol. The van der Waals surface area contributed by atoms with Crippen LogP contribution in [-0.4, -0.2) is 12.3 Å². The van der Waals surface area contributed by atoms with Gasteiger partial charge in [-0.2, -0.15) is 0 Å². The number of nitrogen functional groups attached to an aromatic ring is 1. The van der Waals surface area contributed by atoms with Crippen molar-refractivity contribution in [2.45, 2.75) is 11.4 Å². The third-order valence-corrected chi connectivity index (χ3v) is 5.10. The third-order valence-electron chi connectivity index (χ3n) is 3.35. The summed E-state index contributed by atoms with van der Waals surface area (Å²) >= 11 is 14.4. The molecule has 0 fully saturated rings. The maximum absolute atomic E-state index is 6.27. The quantitative estimate of drug-likeness (QED) is 0.813. The fraction of sp³-hybridized carbons (Fsp3) is 0.200. The van der Waals surface area contributed by atoms with Crippen LogP contribution in [0.5, 0.6) is 0 Å². The zero-order valence-corrected chi connectivity index (χ0v) is 13.1. The lowest BCUT2D eigenvalue weighted by Gasteiger charge is -2.31. The highest BCUT2D eigenvalue weighted by atomic mass is 35.5. The third kappa shape index (κ3) is 2.71. The molecule has 0 aromatic heterocycles. The molecule has 2 aromatic rings. The Balaban J connectivity index is 1.95.